The summed E-state index contributed by atoms with van der Waals surface area (Å²) in [5.41, 5.74) is -0.259. The van der Waals surface area contributed by atoms with E-state index in [1.54, 1.807) is 38.1 Å². The summed E-state index contributed by atoms with van der Waals surface area (Å²) in [6.07, 6.45) is 4.47. The average Bonchev–Trinajstić information content (AvgIpc) is 3.52. The quantitative estimate of drug-likeness (QED) is 0.381. The first-order chi connectivity index (χ1) is 19.5. The molecule has 2 N–H and O–H groups in total. The van der Waals surface area contributed by atoms with E-state index in [9.17, 15) is 24.3 Å². The van der Waals surface area contributed by atoms with Gasteiger partial charge in [0, 0.05) is 17.4 Å². The van der Waals surface area contributed by atoms with Crippen molar-refractivity contribution < 1.29 is 33.8 Å². The van der Waals surface area contributed by atoms with Crippen molar-refractivity contribution in [1.82, 2.24) is 10.2 Å². The molecule has 41 heavy (non-hydrogen) atoms. The van der Waals surface area contributed by atoms with Gasteiger partial charge in [0.2, 0.25) is 11.8 Å². The molecule has 3 amide bonds. The van der Waals surface area contributed by atoms with Gasteiger partial charge in [0.15, 0.2) is 0 Å². The van der Waals surface area contributed by atoms with Gasteiger partial charge in [-0.2, -0.15) is 0 Å². The molecule has 4 aliphatic heterocycles. The zero-order valence-electron chi connectivity index (χ0n) is 23.0. The fraction of sp³-hybridized carbons (Fsp3) is 0.517. The second kappa shape index (κ2) is 11.5. The molecule has 1 aromatic carbocycles. The summed E-state index contributed by atoms with van der Waals surface area (Å²) >= 11 is 10.2. The normalized spacial score (nSPS) is 33.8. The fourth-order valence-electron chi connectivity index (χ4n) is 6.35. The molecule has 0 aliphatic carbocycles. The van der Waals surface area contributed by atoms with Crippen LogP contribution < -0.4 is 10.2 Å². The molecule has 220 valence electrons. The molecule has 2 saturated heterocycles. The summed E-state index contributed by atoms with van der Waals surface area (Å²) in [5.74, 6) is -3.88. The average molecular weight is 651 g/mol. The zero-order valence-corrected chi connectivity index (χ0v) is 25.4. The van der Waals surface area contributed by atoms with Crippen molar-refractivity contribution in [3.8, 4) is 0 Å². The second-order valence-electron chi connectivity index (χ2n) is 11.0. The first-order valence-electron chi connectivity index (χ1n) is 13.7. The third-order valence-corrected chi connectivity index (χ3v) is 9.22. The molecule has 4 aliphatic rings. The van der Waals surface area contributed by atoms with E-state index in [2.05, 4.69) is 21.2 Å². The lowest BCUT2D eigenvalue weighted by atomic mass is 9.74. The largest absolute Gasteiger partial charge is 0.460 e. The van der Waals surface area contributed by atoms with Gasteiger partial charge in [-0.3, -0.25) is 19.2 Å². The number of carbonyl (C=O) groups is 4. The van der Waals surface area contributed by atoms with Crippen molar-refractivity contribution in [3.05, 3.63) is 51.5 Å². The van der Waals surface area contributed by atoms with Gasteiger partial charge in [0.1, 0.15) is 29.8 Å². The number of aryl methyl sites for hydroxylation is 1. The molecule has 4 heterocycles. The van der Waals surface area contributed by atoms with E-state index in [1.165, 1.54) is 9.80 Å². The Hall–Kier alpha value is -2.73. The van der Waals surface area contributed by atoms with Gasteiger partial charge in [0.05, 0.1) is 35.8 Å². The van der Waals surface area contributed by atoms with E-state index in [0.29, 0.717) is 21.6 Å². The predicted octanol–water partition coefficient (Wildman–Crippen LogP) is 2.63. The number of amides is 3. The second-order valence-corrected chi connectivity index (χ2v) is 12.3. The molecule has 2 fully saturated rings. The van der Waals surface area contributed by atoms with E-state index in [1.807, 2.05) is 19.1 Å². The van der Waals surface area contributed by atoms with Crippen LogP contribution in [-0.2, 0) is 28.7 Å². The highest BCUT2D eigenvalue weighted by Gasteiger charge is 2.75. The zero-order chi connectivity index (χ0) is 29.6. The highest BCUT2D eigenvalue weighted by Crippen LogP contribution is 2.59. The predicted molar refractivity (Wildman–Crippen MR) is 154 cm³/mol. The maximum atomic E-state index is 14.7. The van der Waals surface area contributed by atoms with Gasteiger partial charge < -0.3 is 29.7 Å². The summed E-state index contributed by atoms with van der Waals surface area (Å²) in [4.78, 5) is 57.7. The van der Waals surface area contributed by atoms with Gasteiger partial charge in [-0.25, -0.2) is 0 Å². The number of aliphatic hydroxyl groups excluding tert-OH is 1. The minimum absolute atomic E-state index is 0.106. The molecule has 5 bridgehead atoms. The van der Waals surface area contributed by atoms with Crippen molar-refractivity contribution >= 4 is 56.9 Å². The van der Waals surface area contributed by atoms with Gasteiger partial charge >= 0.3 is 5.97 Å². The Kier molecular flexibility index (Phi) is 8.35. The number of nitrogens with zero attached hydrogens (tertiary/aromatic N) is 2. The van der Waals surface area contributed by atoms with Crippen LogP contribution in [0.1, 0.15) is 32.3 Å². The Morgan fingerprint density at radius 2 is 1.98 bits per heavy atom. The number of benzene rings is 1. The number of ether oxygens (including phenoxy) is 2. The van der Waals surface area contributed by atoms with Crippen LogP contribution in [-0.4, -0.2) is 83.3 Å². The highest BCUT2D eigenvalue weighted by molar-refractivity contribution is 9.11. The number of anilines is 1. The van der Waals surface area contributed by atoms with Crippen LogP contribution >= 0.6 is 27.5 Å². The molecule has 0 aromatic heterocycles. The number of para-hydroxylation sites is 1. The molecule has 5 rings (SSSR count). The summed E-state index contributed by atoms with van der Waals surface area (Å²) in [6.45, 7) is 4.96. The lowest BCUT2D eigenvalue weighted by Crippen LogP contribution is -2.58. The molecular formula is C29H33BrClN3O7. The number of aliphatic hydroxyl groups is 1. The SMILES string of the molecule is Cc1cccc(Cl)c1N1C/C=C\CCC(=O)NC[C@@H](C)OC(=O)[C@@H]2[C@H]3O[C@@]4(C=C3Br)[C@H](C1=O)N([C@H](C)CO)C(=O)[C@@H]24. The molecule has 0 unspecified atom stereocenters. The van der Waals surface area contributed by atoms with E-state index >= 15 is 0 Å². The molecule has 0 saturated carbocycles. The van der Waals surface area contributed by atoms with Crippen LogP contribution in [0.3, 0.4) is 0 Å². The van der Waals surface area contributed by atoms with Gasteiger partial charge in [0.25, 0.3) is 5.91 Å². The number of allylic oxidation sites excluding steroid dienone is 1. The summed E-state index contributed by atoms with van der Waals surface area (Å²) in [5, 5.41) is 13.3. The van der Waals surface area contributed by atoms with E-state index in [4.69, 9.17) is 21.1 Å². The van der Waals surface area contributed by atoms with Crippen LogP contribution in [0.5, 0.6) is 0 Å². The minimum atomic E-state index is -1.48. The molecule has 7 atom stereocenters. The maximum Gasteiger partial charge on any atom is 0.313 e. The molecule has 1 spiro atoms. The Labute approximate surface area is 251 Å². The van der Waals surface area contributed by atoms with Crippen LogP contribution in [0.25, 0.3) is 0 Å². The van der Waals surface area contributed by atoms with Crippen molar-refractivity contribution in [2.75, 3.05) is 24.6 Å². The Bertz CT molecular complexity index is 1310. The van der Waals surface area contributed by atoms with Crippen LogP contribution in [0.2, 0.25) is 5.02 Å². The number of hydrogen-bond donors (Lipinski definition) is 2. The number of carbonyl (C=O) groups excluding carboxylic acids is 4. The molecule has 10 nitrogen and oxygen atoms in total. The number of likely N-dealkylation sites (tertiary alicyclic amines) is 1. The lowest BCUT2D eigenvalue weighted by molar-refractivity contribution is -0.159. The van der Waals surface area contributed by atoms with E-state index in [-0.39, 0.29) is 25.4 Å². The Morgan fingerprint density at radius 1 is 1.22 bits per heavy atom. The van der Waals surface area contributed by atoms with Crippen molar-refractivity contribution in [2.45, 2.75) is 63.5 Å². The smallest absolute Gasteiger partial charge is 0.313 e. The van der Waals surface area contributed by atoms with Crippen LogP contribution in [0.4, 0.5) is 5.69 Å². The van der Waals surface area contributed by atoms with E-state index in [0.717, 1.165) is 5.56 Å². The lowest BCUT2D eigenvalue weighted by Gasteiger charge is -2.38. The van der Waals surface area contributed by atoms with Crippen LogP contribution in [0.15, 0.2) is 40.9 Å². The van der Waals surface area contributed by atoms with Crippen molar-refractivity contribution in [1.29, 1.82) is 0 Å². The number of cyclic esters (lactones) is 1. The Balaban J connectivity index is 1.67. The van der Waals surface area contributed by atoms with Crippen LogP contribution in [0, 0.1) is 18.8 Å². The number of halogens is 2. The first-order valence-corrected chi connectivity index (χ1v) is 14.9. The number of rotatable bonds is 3. The third kappa shape index (κ3) is 5.00. The number of fused-ring (bicyclic) bond motifs is 2. The summed E-state index contributed by atoms with van der Waals surface area (Å²) in [7, 11) is 0. The van der Waals surface area contributed by atoms with Gasteiger partial charge in [-0.05, 0) is 44.9 Å². The molecule has 0 radical (unpaired) electrons. The van der Waals surface area contributed by atoms with Gasteiger partial charge in [-0.1, -0.05) is 51.8 Å². The van der Waals surface area contributed by atoms with Crippen molar-refractivity contribution in [3.63, 3.8) is 0 Å². The number of hydrogen-bond acceptors (Lipinski definition) is 7. The number of esters is 1. The van der Waals surface area contributed by atoms with E-state index < -0.39 is 66.1 Å². The highest BCUT2D eigenvalue weighted by atomic mass is 79.9. The first kappa shape index (κ1) is 29.8. The molecule has 1 aromatic rings. The third-order valence-electron chi connectivity index (χ3n) is 8.23. The Morgan fingerprint density at radius 3 is 2.68 bits per heavy atom. The van der Waals surface area contributed by atoms with Crippen molar-refractivity contribution in [2.24, 2.45) is 11.8 Å². The molecule has 12 heteroatoms. The fourth-order valence-corrected chi connectivity index (χ4v) is 7.41. The number of nitrogens with one attached hydrogen (secondary N) is 1. The standard InChI is InChI=1S/C29H33BrClN3O7/c1-15-8-7-9-19(31)23(15)33-11-6-4-5-10-20(36)32-13-17(3)40-28(39)21-22-26(37)34(16(2)14-35)25(27(33)38)29(22)12-18(30)24(21)41-29/h4,6-9,12,16-17,21-22,24-25,35H,5,10-11,13-14H2,1-3H3,(H,32,36)/b6-4-/t16-,17-,21+,22-,24+,25+,29-/m1/s1. The topological polar surface area (TPSA) is 125 Å². The summed E-state index contributed by atoms with van der Waals surface area (Å²) in [6, 6.07) is 3.36. The monoisotopic (exact) mass is 649 g/mol. The minimum Gasteiger partial charge on any atom is -0.460 e. The van der Waals surface area contributed by atoms with Gasteiger partial charge in [-0.15, -0.1) is 0 Å². The maximum absolute atomic E-state index is 14.7. The molecular weight excluding hydrogens is 618 g/mol. The summed E-state index contributed by atoms with van der Waals surface area (Å²) < 4.78 is 12.7.